The molecule has 0 aliphatic carbocycles. The molecular weight excluding hydrogens is 443 g/mol. The van der Waals surface area contributed by atoms with E-state index >= 15 is 0 Å². The zero-order valence-corrected chi connectivity index (χ0v) is 18.1. The third-order valence-electron chi connectivity index (χ3n) is 4.47. The molecule has 30 heavy (non-hydrogen) atoms. The standard InChI is InChI=1S/C18H19ClF3N5O2S/c1-10-7-11(2)27(23-10)9-13-5-6-14(18(20,21)22)8-15(13)25-30(28,29)16-12(3)24-26(4)17(16)19/h5-8,25H,9H2,1-4H3. The van der Waals surface area contributed by atoms with E-state index in [1.54, 1.807) is 18.5 Å². The molecule has 0 aliphatic rings. The first-order chi connectivity index (χ1) is 13.8. The zero-order valence-electron chi connectivity index (χ0n) is 16.5. The summed E-state index contributed by atoms with van der Waals surface area (Å²) in [5.41, 5.74) is 0.771. The summed E-state index contributed by atoms with van der Waals surface area (Å²) in [5, 5.41) is 8.09. The van der Waals surface area contributed by atoms with Crippen LogP contribution in [0.2, 0.25) is 5.15 Å². The van der Waals surface area contributed by atoms with Crippen molar-refractivity contribution >= 4 is 27.3 Å². The van der Waals surface area contributed by atoms with Crippen LogP contribution in [0.4, 0.5) is 18.9 Å². The summed E-state index contributed by atoms with van der Waals surface area (Å²) in [7, 11) is -2.83. The van der Waals surface area contributed by atoms with E-state index in [0.29, 0.717) is 5.56 Å². The highest BCUT2D eigenvalue weighted by molar-refractivity contribution is 7.92. The molecule has 0 bridgehead atoms. The van der Waals surface area contributed by atoms with Crippen LogP contribution in [0, 0.1) is 20.8 Å². The first-order valence-corrected chi connectivity index (χ1v) is 10.6. The lowest BCUT2D eigenvalue weighted by Crippen LogP contribution is -2.17. The van der Waals surface area contributed by atoms with Crippen molar-refractivity contribution in [2.45, 2.75) is 38.4 Å². The average Bonchev–Trinajstić information content (AvgIpc) is 3.05. The normalized spacial score (nSPS) is 12.4. The minimum atomic E-state index is -4.64. The van der Waals surface area contributed by atoms with Crippen molar-refractivity contribution < 1.29 is 21.6 Å². The Kier molecular flexibility index (Phi) is 5.63. The van der Waals surface area contributed by atoms with Gasteiger partial charge in [0.05, 0.1) is 29.2 Å². The van der Waals surface area contributed by atoms with Crippen LogP contribution in [-0.2, 0) is 29.8 Å². The molecule has 0 amide bonds. The first kappa shape index (κ1) is 22.2. The fourth-order valence-electron chi connectivity index (χ4n) is 3.09. The Hall–Kier alpha value is -2.53. The first-order valence-electron chi connectivity index (χ1n) is 8.72. The number of halogens is 4. The molecule has 162 valence electrons. The number of aryl methyl sites for hydroxylation is 4. The Morgan fingerprint density at radius 1 is 1.13 bits per heavy atom. The quantitative estimate of drug-likeness (QED) is 0.621. The highest BCUT2D eigenvalue weighted by Gasteiger charge is 2.32. The molecule has 0 fully saturated rings. The van der Waals surface area contributed by atoms with Gasteiger partial charge in [-0.15, -0.1) is 0 Å². The minimum Gasteiger partial charge on any atom is -0.279 e. The molecule has 0 unspecified atom stereocenters. The second-order valence-electron chi connectivity index (χ2n) is 6.89. The van der Waals surface area contributed by atoms with E-state index in [1.165, 1.54) is 24.7 Å². The fraction of sp³-hybridized carbons (Fsp3) is 0.333. The predicted molar refractivity (Wildman–Crippen MR) is 106 cm³/mol. The molecule has 1 N–H and O–H groups in total. The Morgan fingerprint density at radius 2 is 1.80 bits per heavy atom. The number of anilines is 1. The van der Waals surface area contributed by atoms with E-state index in [-0.39, 0.29) is 28.0 Å². The van der Waals surface area contributed by atoms with Crippen molar-refractivity contribution in [3.63, 3.8) is 0 Å². The molecular formula is C18H19ClF3N5O2S. The molecule has 2 aromatic heterocycles. The Bertz CT molecular complexity index is 1220. The van der Waals surface area contributed by atoms with Gasteiger partial charge in [0.15, 0.2) is 0 Å². The van der Waals surface area contributed by atoms with Gasteiger partial charge >= 0.3 is 6.18 Å². The molecule has 0 saturated carbocycles. The van der Waals surface area contributed by atoms with Crippen LogP contribution in [0.25, 0.3) is 0 Å². The van der Waals surface area contributed by atoms with Gasteiger partial charge in [0.1, 0.15) is 10.0 Å². The van der Waals surface area contributed by atoms with E-state index in [4.69, 9.17) is 11.6 Å². The van der Waals surface area contributed by atoms with Crippen LogP contribution in [-0.4, -0.2) is 28.0 Å². The molecule has 3 aromatic rings. The number of aromatic nitrogens is 4. The maximum absolute atomic E-state index is 13.3. The highest BCUT2D eigenvalue weighted by atomic mass is 35.5. The lowest BCUT2D eigenvalue weighted by molar-refractivity contribution is -0.137. The van der Waals surface area contributed by atoms with E-state index in [1.807, 2.05) is 6.07 Å². The van der Waals surface area contributed by atoms with Crippen LogP contribution in [0.5, 0.6) is 0 Å². The molecule has 1 aromatic carbocycles. The summed E-state index contributed by atoms with van der Waals surface area (Å²) in [6.45, 7) is 5.11. The molecule has 0 spiro atoms. The van der Waals surface area contributed by atoms with Gasteiger partial charge in [-0.05, 0) is 44.5 Å². The van der Waals surface area contributed by atoms with Crippen molar-refractivity contribution in [1.82, 2.24) is 19.6 Å². The molecule has 0 aliphatic heterocycles. The van der Waals surface area contributed by atoms with E-state index in [0.717, 1.165) is 23.5 Å². The molecule has 2 heterocycles. The number of hydrogen-bond acceptors (Lipinski definition) is 4. The van der Waals surface area contributed by atoms with Crippen molar-refractivity contribution in [2.75, 3.05) is 4.72 Å². The third-order valence-corrected chi connectivity index (χ3v) is 6.53. The third kappa shape index (κ3) is 4.31. The minimum absolute atomic E-state index is 0.0788. The number of hydrogen-bond donors (Lipinski definition) is 1. The average molecular weight is 462 g/mol. The fourth-order valence-corrected chi connectivity index (χ4v) is 4.94. The Morgan fingerprint density at radius 3 is 2.30 bits per heavy atom. The van der Waals surface area contributed by atoms with Gasteiger partial charge in [-0.2, -0.15) is 23.4 Å². The maximum Gasteiger partial charge on any atom is 0.416 e. The Labute approximate surface area is 176 Å². The zero-order chi connectivity index (χ0) is 22.4. The topological polar surface area (TPSA) is 81.8 Å². The van der Waals surface area contributed by atoms with Gasteiger partial charge in [0.25, 0.3) is 10.0 Å². The lowest BCUT2D eigenvalue weighted by atomic mass is 10.1. The number of benzene rings is 1. The summed E-state index contributed by atoms with van der Waals surface area (Å²) in [5.74, 6) is 0. The second-order valence-corrected chi connectivity index (χ2v) is 8.87. The maximum atomic E-state index is 13.3. The summed E-state index contributed by atoms with van der Waals surface area (Å²) < 4.78 is 70.6. The van der Waals surface area contributed by atoms with Crippen LogP contribution in [0.1, 0.15) is 28.2 Å². The lowest BCUT2D eigenvalue weighted by Gasteiger charge is -2.16. The van der Waals surface area contributed by atoms with Crippen LogP contribution >= 0.6 is 11.6 Å². The van der Waals surface area contributed by atoms with Gasteiger partial charge < -0.3 is 0 Å². The van der Waals surface area contributed by atoms with Gasteiger partial charge in [0, 0.05) is 12.7 Å². The SMILES string of the molecule is Cc1cc(C)n(Cc2ccc(C(F)(F)F)cc2NS(=O)(=O)c2c(C)nn(C)c2Cl)n1. The number of sulfonamides is 1. The van der Waals surface area contributed by atoms with Crippen LogP contribution in [0.3, 0.4) is 0 Å². The van der Waals surface area contributed by atoms with Gasteiger partial charge in [-0.25, -0.2) is 8.42 Å². The van der Waals surface area contributed by atoms with Crippen molar-refractivity contribution in [3.8, 4) is 0 Å². The van der Waals surface area contributed by atoms with Gasteiger partial charge in [-0.3, -0.25) is 14.1 Å². The molecule has 7 nitrogen and oxygen atoms in total. The largest absolute Gasteiger partial charge is 0.416 e. The molecule has 0 saturated heterocycles. The van der Waals surface area contributed by atoms with Crippen LogP contribution in [0.15, 0.2) is 29.2 Å². The highest BCUT2D eigenvalue weighted by Crippen LogP contribution is 2.34. The van der Waals surface area contributed by atoms with E-state index < -0.39 is 21.8 Å². The summed E-state index contributed by atoms with van der Waals surface area (Å²) in [6, 6.07) is 4.71. The molecule has 3 rings (SSSR count). The smallest absolute Gasteiger partial charge is 0.279 e. The summed E-state index contributed by atoms with van der Waals surface area (Å²) in [4.78, 5) is -0.291. The summed E-state index contributed by atoms with van der Waals surface area (Å²) >= 11 is 6.05. The number of nitrogens with zero attached hydrogens (tertiary/aromatic N) is 4. The van der Waals surface area contributed by atoms with Crippen molar-refractivity contribution in [2.24, 2.45) is 7.05 Å². The summed E-state index contributed by atoms with van der Waals surface area (Å²) in [6.07, 6.45) is -4.64. The van der Waals surface area contributed by atoms with Crippen LogP contribution < -0.4 is 4.72 Å². The van der Waals surface area contributed by atoms with E-state index in [2.05, 4.69) is 14.9 Å². The Balaban J connectivity index is 2.09. The molecule has 0 radical (unpaired) electrons. The van der Waals surface area contributed by atoms with Crippen molar-refractivity contribution in [1.29, 1.82) is 0 Å². The number of rotatable bonds is 5. The second kappa shape index (κ2) is 7.62. The van der Waals surface area contributed by atoms with E-state index in [9.17, 15) is 21.6 Å². The monoisotopic (exact) mass is 461 g/mol. The number of nitrogens with one attached hydrogen (secondary N) is 1. The van der Waals surface area contributed by atoms with Gasteiger partial charge in [-0.1, -0.05) is 17.7 Å². The molecule has 0 atom stereocenters. The predicted octanol–water partition coefficient (Wildman–Crippen LogP) is 4.06. The molecule has 12 heteroatoms. The van der Waals surface area contributed by atoms with Crippen molar-refractivity contribution in [3.05, 3.63) is 57.6 Å². The van der Waals surface area contributed by atoms with Gasteiger partial charge in [0.2, 0.25) is 0 Å². The number of alkyl halides is 3.